The number of carbonyl (C=O) groups is 1. The number of fused-ring (bicyclic) bond motifs is 1. The highest BCUT2D eigenvalue weighted by Crippen LogP contribution is 2.48. The second-order valence-electron chi connectivity index (χ2n) is 11.4. The average molecular weight is 567 g/mol. The number of hydrogen-bond donors (Lipinski definition) is 1. The molecule has 0 amide bonds. The molecule has 0 aliphatic heterocycles. The third-order valence-corrected chi connectivity index (χ3v) is 9.05. The minimum Gasteiger partial charge on any atom is -0.493 e. The first kappa shape index (κ1) is 28.1. The lowest BCUT2D eigenvalue weighted by Crippen LogP contribution is -2.18. The van der Waals surface area contributed by atoms with E-state index in [4.69, 9.17) is 9.47 Å². The van der Waals surface area contributed by atoms with Crippen LogP contribution in [0.5, 0.6) is 11.5 Å². The van der Waals surface area contributed by atoms with E-state index < -0.39 is 21.9 Å². The van der Waals surface area contributed by atoms with Crippen LogP contribution in [0, 0.1) is 31.5 Å². The van der Waals surface area contributed by atoms with Gasteiger partial charge in [0.15, 0.2) is 0 Å². The van der Waals surface area contributed by atoms with Gasteiger partial charge in [-0.25, -0.2) is 12.8 Å². The topological polar surface area (TPSA) is 89.9 Å². The Hall–Kier alpha value is -3.39. The number of ether oxygens (including phenoxy) is 2. The summed E-state index contributed by atoms with van der Waals surface area (Å²) in [5, 5.41) is 9.19. The SMILES string of the molecule is Cc1cc(OC[C@@H](C)CS(C)(=O)=O)cc(C)c1-c1ccc(F)c2c1CC[C@H]2Oc1ccc([C@H]2C[C@@H]2C(=O)O)cc1. The molecule has 8 heteroatoms. The molecule has 1 N–H and O–H groups in total. The first-order chi connectivity index (χ1) is 18.9. The van der Waals surface area contributed by atoms with Crippen molar-refractivity contribution in [2.24, 2.45) is 11.8 Å². The highest BCUT2D eigenvalue weighted by atomic mass is 32.2. The molecule has 40 heavy (non-hydrogen) atoms. The molecule has 6 nitrogen and oxygen atoms in total. The Bertz CT molecular complexity index is 1520. The fourth-order valence-electron chi connectivity index (χ4n) is 6.05. The minimum atomic E-state index is -3.07. The fraction of sp³-hybridized carbons (Fsp3) is 0.406. The lowest BCUT2D eigenvalue weighted by molar-refractivity contribution is -0.138. The Morgan fingerprint density at radius 1 is 1.07 bits per heavy atom. The Labute approximate surface area is 235 Å². The smallest absolute Gasteiger partial charge is 0.307 e. The molecule has 1 fully saturated rings. The fourth-order valence-corrected chi connectivity index (χ4v) is 7.18. The Morgan fingerprint density at radius 2 is 1.75 bits per heavy atom. The van der Waals surface area contributed by atoms with Crippen LogP contribution < -0.4 is 9.47 Å². The number of carboxylic acids is 1. The van der Waals surface area contributed by atoms with Crippen LogP contribution in [-0.2, 0) is 21.1 Å². The van der Waals surface area contributed by atoms with Gasteiger partial charge in [-0.1, -0.05) is 25.1 Å². The van der Waals surface area contributed by atoms with E-state index in [0.717, 1.165) is 33.4 Å². The molecule has 0 radical (unpaired) electrons. The molecule has 0 saturated heterocycles. The molecule has 2 aliphatic carbocycles. The van der Waals surface area contributed by atoms with E-state index in [1.165, 1.54) is 12.3 Å². The molecule has 2 aliphatic rings. The van der Waals surface area contributed by atoms with Gasteiger partial charge in [0.2, 0.25) is 0 Å². The quantitative estimate of drug-likeness (QED) is 0.305. The first-order valence-electron chi connectivity index (χ1n) is 13.6. The molecule has 0 aromatic heterocycles. The van der Waals surface area contributed by atoms with Gasteiger partial charge in [0, 0.05) is 17.7 Å². The molecule has 0 bridgehead atoms. The van der Waals surface area contributed by atoms with Crippen molar-refractivity contribution in [3.05, 3.63) is 82.2 Å². The molecule has 0 spiro atoms. The molecule has 3 aromatic rings. The zero-order valence-electron chi connectivity index (χ0n) is 23.2. The van der Waals surface area contributed by atoms with E-state index >= 15 is 4.39 Å². The second kappa shape index (κ2) is 10.9. The third kappa shape index (κ3) is 6.02. The number of aryl methyl sites for hydroxylation is 2. The number of aliphatic carboxylic acids is 1. The molecule has 0 heterocycles. The largest absolute Gasteiger partial charge is 0.493 e. The standard InChI is InChI=1S/C32H35FO6S/c1-18(17-40(4,36)37)16-38-23-13-19(2)30(20(3)14-23)24-9-11-28(33)31-25(24)10-12-29(31)39-22-7-5-21(6-8-22)26-15-27(26)32(34)35/h5-9,11,13-14,18,26-27,29H,10,12,15-17H2,1-4H3,(H,34,35)/t18-,26-,27+,29-/m1/s1. The van der Waals surface area contributed by atoms with E-state index in [-0.39, 0.29) is 29.3 Å². The van der Waals surface area contributed by atoms with Crippen LogP contribution >= 0.6 is 0 Å². The summed E-state index contributed by atoms with van der Waals surface area (Å²) in [7, 11) is -3.07. The van der Waals surface area contributed by atoms with Crippen molar-refractivity contribution < 1.29 is 32.2 Å². The van der Waals surface area contributed by atoms with Crippen molar-refractivity contribution in [2.45, 2.75) is 52.1 Å². The van der Waals surface area contributed by atoms with Gasteiger partial charge in [-0.05, 0) is 103 Å². The summed E-state index contributed by atoms with van der Waals surface area (Å²) in [6.45, 7) is 6.16. The second-order valence-corrected chi connectivity index (χ2v) is 13.6. The van der Waals surface area contributed by atoms with Crippen molar-refractivity contribution >= 4 is 15.8 Å². The van der Waals surface area contributed by atoms with E-state index in [2.05, 4.69) is 0 Å². The molecular formula is C32H35FO6S. The predicted octanol–water partition coefficient (Wildman–Crippen LogP) is 6.42. The molecule has 1 saturated carbocycles. The Morgan fingerprint density at radius 3 is 2.35 bits per heavy atom. The van der Waals surface area contributed by atoms with Crippen LogP contribution in [0.15, 0.2) is 48.5 Å². The maximum atomic E-state index is 15.2. The zero-order chi connectivity index (χ0) is 28.8. The number of carboxylic acid groups (broad SMARTS) is 1. The van der Waals surface area contributed by atoms with Gasteiger partial charge >= 0.3 is 5.97 Å². The van der Waals surface area contributed by atoms with Crippen molar-refractivity contribution in [3.8, 4) is 22.6 Å². The molecule has 4 atom stereocenters. The Balaban J connectivity index is 1.34. The Kier molecular flexibility index (Phi) is 7.66. The van der Waals surface area contributed by atoms with Crippen LogP contribution in [0.1, 0.15) is 59.6 Å². The van der Waals surface area contributed by atoms with E-state index in [1.54, 1.807) is 0 Å². The normalized spacial score (nSPS) is 20.6. The molecular weight excluding hydrogens is 531 g/mol. The summed E-state index contributed by atoms with van der Waals surface area (Å²) in [4.78, 5) is 11.2. The number of sulfone groups is 1. The lowest BCUT2D eigenvalue weighted by atomic mass is 9.90. The highest BCUT2D eigenvalue weighted by Gasteiger charge is 2.44. The van der Waals surface area contributed by atoms with Gasteiger partial charge in [-0.15, -0.1) is 0 Å². The van der Waals surface area contributed by atoms with Crippen LogP contribution in [-0.4, -0.2) is 38.1 Å². The minimum absolute atomic E-state index is 0.0536. The average Bonchev–Trinajstić information content (AvgIpc) is 3.57. The van der Waals surface area contributed by atoms with Gasteiger partial charge in [-0.2, -0.15) is 0 Å². The zero-order valence-corrected chi connectivity index (χ0v) is 24.1. The summed E-state index contributed by atoms with van der Waals surface area (Å²) in [5.74, 6) is -0.0271. The summed E-state index contributed by atoms with van der Waals surface area (Å²) < 4.78 is 50.5. The van der Waals surface area contributed by atoms with Crippen LogP contribution in [0.25, 0.3) is 11.1 Å². The number of halogens is 1. The lowest BCUT2D eigenvalue weighted by Gasteiger charge is -2.19. The number of benzene rings is 3. The highest BCUT2D eigenvalue weighted by molar-refractivity contribution is 7.90. The van der Waals surface area contributed by atoms with Gasteiger partial charge in [0.05, 0.1) is 18.3 Å². The van der Waals surface area contributed by atoms with Gasteiger partial charge in [-0.3, -0.25) is 4.79 Å². The summed E-state index contributed by atoms with van der Waals surface area (Å²) in [5.41, 5.74) is 6.55. The van der Waals surface area contributed by atoms with Gasteiger partial charge < -0.3 is 14.6 Å². The first-order valence-corrected chi connectivity index (χ1v) is 15.7. The van der Waals surface area contributed by atoms with Crippen molar-refractivity contribution in [1.82, 2.24) is 0 Å². The molecule has 0 unspecified atom stereocenters. The third-order valence-electron chi connectivity index (χ3n) is 7.87. The summed E-state index contributed by atoms with van der Waals surface area (Å²) in [6.07, 6.45) is 2.83. The number of rotatable bonds is 10. The van der Waals surface area contributed by atoms with Gasteiger partial charge in [0.25, 0.3) is 0 Å². The van der Waals surface area contributed by atoms with E-state index in [9.17, 15) is 18.3 Å². The monoisotopic (exact) mass is 566 g/mol. The predicted molar refractivity (Wildman–Crippen MR) is 152 cm³/mol. The summed E-state index contributed by atoms with van der Waals surface area (Å²) >= 11 is 0. The van der Waals surface area contributed by atoms with Gasteiger partial charge in [0.1, 0.15) is 33.3 Å². The number of hydrogen-bond acceptors (Lipinski definition) is 5. The maximum Gasteiger partial charge on any atom is 0.307 e. The summed E-state index contributed by atoms with van der Waals surface area (Å²) in [6, 6.07) is 14.7. The van der Waals surface area contributed by atoms with Crippen LogP contribution in [0.3, 0.4) is 0 Å². The maximum absolute atomic E-state index is 15.2. The molecule has 5 rings (SSSR count). The van der Waals surface area contributed by atoms with Crippen LogP contribution in [0.4, 0.5) is 4.39 Å². The molecule has 3 aromatic carbocycles. The molecule has 212 valence electrons. The van der Waals surface area contributed by atoms with Crippen molar-refractivity contribution in [1.29, 1.82) is 0 Å². The van der Waals surface area contributed by atoms with Crippen LogP contribution in [0.2, 0.25) is 0 Å². The van der Waals surface area contributed by atoms with E-state index in [0.29, 0.717) is 42.9 Å². The van der Waals surface area contributed by atoms with Crippen molar-refractivity contribution in [2.75, 3.05) is 18.6 Å². The van der Waals surface area contributed by atoms with Crippen molar-refractivity contribution in [3.63, 3.8) is 0 Å². The van der Waals surface area contributed by atoms with E-state index in [1.807, 2.05) is 63.2 Å².